The van der Waals surface area contributed by atoms with Crippen molar-refractivity contribution in [3.05, 3.63) is 85.0 Å². The number of benzene rings is 2. The first-order chi connectivity index (χ1) is 12.1. The van der Waals surface area contributed by atoms with Crippen molar-refractivity contribution in [3.8, 4) is 11.1 Å². The van der Waals surface area contributed by atoms with Gasteiger partial charge in [0.25, 0.3) is 0 Å². The van der Waals surface area contributed by atoms with Crippen LogP contribution in [0.25, 0.3) is 11.1 Å². The van der Waals surface area contributed by atoms with E-state index in [2.05, 4.69) is 49.6 Å². The Labute approximate surface area is 149 Å². The maximum Gasteiger partial charge on any atom is 0.312 e. The summed E-state index contributed by atoms with van der Waals surface area (Å²) in [7, 11) is 0. The smallest absolute Gasteiger partial charge is 0.312 e. The number of rotatable bonds is 7. The first kappa shape index (κ1) is 17.2. The number of ether oxygens (including phenoxy) is 1. The van der Waals surface area contributed by atoms with E-state index in [4.69, 9.17) is 4.74 Å². The summed E-state index contributed by atoms with van der Waals surface area (Å²) in [5.74, 6) is -0.0952. The van der Waals surface area contributed by atoms with Gasteiger partial charge in [-0.15, -0.1) is 13.2 Å². The van der Waals surface area contributed by atoms with Gasteiger partial charge in [0, 0.05) is 5.92 Å². The quantitative estimate of drug-likeness (QED) is 0.494. The van der Waals surface area contributed by atoms with Crippen LogP contribution in [-0.2, 0) is 9.53 Å². The second-order valence-electron chi connectivity index (χ2n) is 6.87. The zero-order valence-electron chi connectivity index (χ0n) is 14.7. The molecule has 0 heterocycles. The third-order valence-corrected chi connectivity index (χ3v) is 5.03. The third kappa shape index (κ3) is 3.17. The highest BCUT2D eigenvalue weighted by atomic mass is 16.5. The minimum atomic E-state index is -0.596. The lowest BCUT2D eigenvalue weighted by molar-refractivity contribution is -0.155. The Kier molecular flexibility index (Phi) is 4.89. The topological polar surface area (TPSA) is 26.3 Å². The molecule has 0 saturated heterocycles. The molecular formula is C23H24O2. The Bertz CT molecular complexity index is 748. The van der Waals surface area contributed by atoms with Crippen molar-refractivity contribution in [2.45, 2.75) is 25.7 Å². The predicted molar refractivity (Wildman–Crippen MR) is 102 cm³/mol. The SMILES string of the molecule is C=CCC(C)(CC=C)C(=O)OCC1c2ccccc2-c2ccccc21. The number of esters is 1. The molecule has 1 aliphatic carbocycles. The average molecular weight is 332 g/mol. The first-order valence-electron chi connectivity index (χ1n) is 8.68. The van der Waals surface area contributed by atoms with Crippen LogP contribution in [0.4, 0.5) is 0 Å². The van der Waals surface area contributed by atoms with Crippen LogP contribution in [0.5, 0.6) is 0 Å². The van der Waals surface area contributed by atoms with Crippen LogP contribution in [0, 0.1) is 5.41 Å². The number of hydrogen-bond donors (Lipinski definition) is 0. The van der Waals surface area contributed by atoms with Crippen molar-refractivity contribution in [1.82, 2.24) is 0 Å². The second-order valence-corrected chi connectivity index (χ2v) is 6.87. The summed E-state index contributed by atoms with van der Waals surface area (Å²) in [6.45, 7) is 9.80. The van der Waals surface area contributed by atoms with E-state index in [1.54, 1.807) is 12.2 Å². The van der Waals surface area contributed by atoms with Gasteiger partial charge in [0.2, 0.25) is 0 Å². The van der Waals surface area contributed by atoms with Crippen molar-refractivity contribution < 1.29 is 9.53 Å². The fourth-order valence-corrected chi connectivity index (χ4v) is 3.66. The van der Waals surface area contributed by atoms with E-state index >= 15 is 0 Å². The normalized spacial score (nSPS) is 13.0. The molecule has 0 unspecified atom stereocenters. The number of carbonyl (C=O) groups excluding carboxylic acids is 1. The van der Waals surface area contributed by atoms with Gasteiger partial charge in [-0.2, -0.15) is 0 Å². The van der Waals surface area contributed by atoms with Gasteiger partial charge >= 0.3 is 5.97 Å². The minimum Gasteiger partial charge on any atom is -0.464 e. The summed E-state index contributed by atoms with van der Waals surface area (Å²) >= 11 is 0. The maximum atomic E-state index is 12.7. The van der Waals surface area contributed by atoms with Gasteiger partial charge < -0.3 is 4.74 Å². The summed E-state index contributed by atoms with van der Waals surface area (Å²) in [5, 5.41) is 0. The molecule has 0 N–H and O–H groups in total. The summed E-state index contributed by atoms with van der Waals surface area (Å²) in [4.78, 5) is 12.7. The molecule has 0 saturated carbocycles. The summed E-state index contributed by atoms with van der Waals surface area (Å²) < 4.78 is 5.78. The third-order valence-electron chi connectivity index (χ3n) is 5.03. The van der Waals surface area contributed by atoms with Gasteiger partial charge in [-0.25, -0.2) is 0 Å². The molecular weight excluding hydrogens is 308 g/mol. The van der Waals surface area contributed by atoms with Crippen LogP contribution in [0.1, 0.15) is 36.8 Å². The zero-order chi connectivity index (χ0) is 17.9. The molecule has 2 aromatic carbocycles. The molecule has 2 aromatic rings. The average Bonchev–Trinajstić information content (AvgIpc) is 2.94. The van der Waals surface area contributed by atoms with E-state index in [-0.39, 0.29) is 11.9 Å². The minimum absolute atomic E-state index is 0.0908. The number of hydrogen-bond acceptors (Lipinski definition) is 2. The van der Waals surface area contributed by atoms with Gasteiger partial charge in [-0.1, -0.05) is 60.7 Å². The molecule has 2 nitrogen and oxygen atoms in total. The van der Waals surface area contributed by atoms with E-state index in [1.807, 2.05) is 19.1 Å². The molecule has 0 radical (unpaired) electrons. The molecule has 0 aliphatic heterocycles. The Morgan fingerprint density at radius 2 is 1.48 bits per heavy atom. The summed E-state index contributed by atoms with van der Waals surface area (Å²) in [6.07, 6.45) is 4.70. The fourth-order valence-electron chi connectivity index (χ4n) is 3.66. The standard InChI is InChI=1S/C23H24O2/c1-4-14-23(3,15-5-2)22(24)25-16-21-19-12-8-6-10-17(19)18-11-7-9-13-20(18)21/h4-13,21H,1-2,14-16H2,3H3. The molecule has 128 valence electrons. The monoisotopic (exact) mass is 332 g/mol. The first-order valence-corrected chi connectivity index (χ1v) is 8.68. The summed E-state index contributed by atoms with van der Waals surface area (Å²) in [6, 6.07) is 16.7. The number of allylic oxidation sites excluding steroid dienone is 2. The maximum absolute atomic E-state index is 12.7. The number of fused-ring (bicyclic) bond motifs is 3. The van der Waals surface area contributed by atoms with Crippen LogP contribution >= 0.6 is 0 Å². The zero-order valence-corrected chi connectivity index (χ0v) is 14.7. The van der Waals surface area contributed by atoms with Crippen molar-refractivity contribution in [3.63, 3.8) is 0 Å². The van der Waals surface area contributed by atoms with Gasteiger partial charge in [-0.3, -0.25) is 4.79 Å². The van der Waals surface area contributed by atoms with Gasteiger partial charge in [0.15, 0.2) is 0 Å². The molecule has 0 amide bonds. The molecule has 0 spiro atoms. The van der Waals surface area contributed by atoms with E-state index in [0.717, 1.165) is 0 Å². The molecule has 0 bridgehead atoms. The molecule has 3 rings (SSSR count). The molecule has 0 atom stereocenters. The second kappa shape index (κ2) is 7.10. The van der Waals surface area contributed by atoms with E-state index in [1.165, 1.54) is 22.3 Å². The lowest BCUT2D eigenvalue weighted by atomic mass is 9.83. The van der Waals surface area contributed by atoms with Crippen LogP contribution in [0.2, 0.25) is 0 Å². The highest BCUT2D eigenvalue weighted by Crippen LogP contribution is 2.44. The molecule has 25 heavy (non-hydrogen) atoms. The van der Waals surface area contributed by atoms with Crippen molar-refractivity contribution >= 4 is 5.97 Å². The molecule has 2 heteroatoms. The van der Waals surface area contributed by atoms with Crippen LogP contribution in [0.15, 0.2) is 73.8 Å². The van der Waals surface area contributed by atoms with E-state index in [0.29, 0.717) is 19.4 Å². The fraction of sp³-hybridized carbons (Fsp3) is 0.261. The van der Waals surface area contributed by atoms with Crippen LogP contribution in [-0.4, -0.2) is 12.6 Å². The molecule has 0 fully saturated rings. The number of carbonyl (C=O) groups is 1. The Morgan fingerprint density at radius 3 is 1.96 bits per heavy atom. The van der Waals surface area contributed by atoms with Gasteiger partial charge in [0.05, 0.1) is 5.41 Å². The van der Waals surface area contributed by atoms with Crippen molar-refractivity contribution in [2.24, 2.45) is 5.41 Å². The van der Waals surface area contributed by atoms with Crippen LogP contribution < -0.4 is 0 Å². The Hall–Kier alpha value is -2.61. The molecule has 1 aliphatic rings. The molecule has 0 aromatic heterocycles. The van der Waals surface area contributed by atoms with E-state index < -0.39 is 5.41 Å². The largest absolute Gasteiger partial charge is 0.464 e. The van der Waals surface area contributed by atoms with Gasteiger partial charge in [-0.05, 0) is 42.0 Å². The van der Waals surface area contributed by atoms with E-state index in [9.17, 15) is 4.79 Å². The van der Waals surface area contributed by atoms with Crippen molar-refractivity contribution in [2.75, 3.05) is 6.61 Å². The Morgan fingerprint density at radius 1 is 1.00 bits per heavy atom. The Balaban J connectivity index is 1.83. The highest BCUT2D eigenvalue weighted by Gasteiger charge is 2.34. The predicted octanol–water partition coefficient (Wildman–Crippen LogP) is 5.50. The summed E-state index contributed by atoms with van der Waals surface area (Å²) in [5.41, 5.74) is 4.33. The highest BCUT2D eigenvalue weighted by molar-refractivity contribution is 5.80. The van der Waals surface area contributed by atoms with Crippen LogP contribution in [0.3, 0.4) is 0 Å². The lowest BCUT2D eigenvalue weighted by Crippen LogP contribution is -2.30. The lowest BCUT2D eigenvalue weighted by Gasteiger charge is -2.26. The van der Waals surface area contributed by atoms with Crippen molar-refractivity contribution in [1.29, 1.82) is 0 Å². The van der Waals surface area contributed by atoms with Gasteiger partial charge in [0.1, 0.15) is 6.61 Å².